The largest absolute Gasteiger partial charge is 0.331 e. The van der Waals surface area contributed by atoms with Crippen molar-refractivity contribution in [2.75, 3.05) is 6.54 Å². The van der Waals surface area contributed by atoms with Crippen LogP contribution in [0.4, 0.5) is 0 Å². The van der Waals surface area contributed by atoms with Gasteiger partial charge in [0.2, 0.25) is 0 Å². The molecule has 0 aliphatic carbocycles. The minimum Gasteiger partial charge on any atom is -0.331 e. The van der Waals surface area contributed by atoms with Crippen LogP contribution >= 0.6 is 0 Å². The molecule has 1 N–H and O–H groups in total. The van der Waals surface area contributed by atoms with Crippen LogP contribution in [0, 0.1) is 0 Å². The van der Waals surface area contributed by atoms with Crippen molar-refractivity contribution in [3.05, 3.63) is 42.2 Å². The molecule has 2 rings (SSSR count). The second kappa shape index (κ2) is 7.25. The fourth-order valence-electron chi connectivity index (χ4n) is 2.60. The monoisotopic (exact) mass is 271 g/mol. The number of nitrogens with one attached hydrogen (secondary N) is 1. The van der Waals surface area contributed by atoms with E-state index in [0.29, 0.717) is 6.04 Å². The fraction of sp³-hybridized carbons (Fsp3) is 0.471. The van der Waals surface area contributed by atoms with Crippen LogP contribution in [0.5, 0.6) is 0 Å². The standard InChI is InChI=1S/C17H25N3/c1-4-12-20-13-11-19-17(20)15-9-7-14(8-10-15)16(5-2)18-6-3/h7-11,13,16,18H,4-6,12H2,1-3H3. The molecule has 108 valence electrons. The Morgan fingerprint density at radius 1 is 1.15 bits per heavy atom. The summed E-state index contributed by atoms with van der Waals surface area (Å²) in [6.45, 7) is 8.58. The molecule has 0 saturated heterocycles. The summed E-state index contributed by atoms with van der Waals surface area (Å²) in [5.41, 5.74) is 2.55. The van der Waals surface area contributed by atoms with Crippen molar-refractivity contribution in [2.24, 2.45) is 0 Å². The Hall–Kier alpha value is -1.61. The molecule has 0 amide bonds. The van der Waals surface area contributed by atoms with E-state index in [0.717, 1.165) is 31.8 Å². The van der Waals surface area contributed by atoms with Gasteiger partial charge in [0, 0.05) is 30.5 Å². The highest BCUT2D eigenvalue weighted by Gasteiger charge is 2.09. The summed E-state index contributed by atoms with van der Waals surface area (Å²) in [7, 11) is 0. The number of nitrogens with zero attached hydrogens (tertiary/aromatic N) is 2. The maximum atomic E-state index is 4.48. The number of aromatic nitrogens is 2. The summed E-state index contributed by atoms with van der Waals surface area (Å²) in [4.78, 5) is 4.48. The summed E-state index contributed by atoms with van der Waals surface area (Å²) in [5.74, 6) is 1.06. The minimum atomic E-state index is 0.449. The zero-order chi connectivity index (χ0) is 14.4. The van der Waals surface area contributed by atoms with Crippen molar-refractivity contribution in [3.8, 4) is 11.4 Å². The van der Waals surface area contributed by atoms with Gasteiger partial charge in [-0.25, -0.2) is 4.98 Å². The molecule has 0 fully saturated rings. The van der Waals surface area contributed by atoms with Gasteiger partial charge in [0.15, 0.2) is 0 Å². The SMILES string of the molecule is CCCn1ccnc1-c1ccc(C(CC)NCC)cc1. The Morgan fingerprint density at radius 3 is 2.50 bits per heavy atom. The first kappa shape index (κ1) is 14.8. The first-order valence-corrected chi connectivity index (χ1v) is 7.65. The van der Waals surface area contributed by atoms with Crippen molar-refractivity contribution >= 4 is 0 Å². The molecule has 0 bridgehead atoms. The van der Waals surface area contributed by atoms with Gasteiger partial charge < -0.3 is 9.88 Å². The molecule has 2 aromatic rings. The Kier molecular flexibility index (Phi) is 5.36. The molecule has 1 aromatic heterocycles. The Balaban J connectivity index is 2.21. The van der Waals surface area contributed by atoms with Crippen molar-refractivity contribution in [3.63, 3.8) is 0 Å². The zero-order valence-corrected chi connectivity index (χ0v) is 12.8. The van der Waals surface area contributed by atoms with E-state index in [1.165, 1.54) is 11.1 Å². The molecule has 0 saturated carbocycles. The number of benzene rings is 1. The Bertz CT molecular complexity index is 513. The Morgan fingerprint density at radius 2 is 1.90 bits per heavy atom. The summed E-state index contributed by atoms with van der Waals surface area (Å²) in [6.07, 6.45) is 6.17. The quantitative estimate of drug-likeness (QED) is 0.824. The number of hydrogen-bond donors (Lipinski definition) is 1. The predicted molar refractivity (Wildman–Crippen MR) is 84.7 cm³/mol. The van der Waals surface area contributed by atoms with E-state index < -0.39 is 0 Å². The molecular formula is C17H25N3. The lowest BCUT2D eigenvalue weighted by Gasteiger charge is -2.16. The van der Waals surface area contributed by atoms with E-state index in [9.17, 15) is 0 Å². The molecule has 3 heteroatoms. The molecule has 3 nitrogen and oxygen atoms in total. The van der Waals surface area contributed by atoms with Crippen LogP contribution in [-0.4, -0.2) is 16.1 Å². The molecular weight excluding hydrogens is 246 g/mol. The van der Waals surface area contributed by atoms with Crippen LogP contribution in [0.25, 0.3) is 11.4 Å². The van der Waals surface area contributed by atoms with Gasteiger partial charge in [-0.15, -0.1) is 0 Å². The molecule has 0 aliphatic heterocycles. The minimum absolute atomic E-state index is 0.449. The number of imidazole rings is 1. The second-order valence-corrected chi connectivity index (χ2v) is 5.08. The van der Waals surface area contributed by atoms with Gasteiger partial charge in [-0.1, -0.05) is 45.0 Å². The van der Waals surface area contributed by atoms with Crippen molar-refractivity contribution in [1.29, 1.82) is 0 Å². The average Bonchev–Trinajstić information content (AvgIpc) is 2.94. The van der Waals surface area contributed by atoms with E-state index in [2.05, 4.69) is 66.1 Å². The number of rotatable bonds is 7. The zero-order valence-electron chi connectivity index (χ0n) is 12.8. The summed E-state index contributed by atoms with van der Waals surface area (Å²) < 4.78 is 2.22. The van der Waals surface area contributed by atoms with Crippen LogP contribution < -0.4 is 5.32 Å². The molecule has 1 heterocycles. The molecule has 1 unspecified atom stereocenters. The summed E-state index contributed by atoms with van der Waals surface area (Å²) >= 11 is 0. The van der Waals surface area contributed by atoms with Gasteiger partial charge in [-0.3, -0.25) is 0 Å². The maximum absolute atomic E-state index is 4.48. The van der Waals surface area contributed by atoms with Crippen molar-refractivity contribution in [1.82, 2.24) is 14.9 Å². The summed E-state index contributed by atoms with van der Waals surface area (Å²) in [6, 6.07) is 9.26. The second-order valence-electron chi connectivity index (χ2n) is 5.08. The molecule has 1 aromatic carbocycles. The lowest BCUT2D eigenvalue weighted by Crippen LogP contribution is -2.19. The fourth-order valence-corrected chi connectivity index (χ4v) is 2.60. The normalized spacial score (nSPS) is 12.6. The van der Waals surface area contributed by atoms with Gasteiger partial charge in [-0.2, -0.15) is 0 Å². The topological polar surface area (TPSA) is 29.9 Å². The van der Waals surface area contributed by atoms with Gasteiger partial charge in [0.05, 0.1) is 0 Å². The lowest BCUT2D eigenvalue weighted by atomic mass is 10.0. The predicted octanol–water partition coefficient (Wildman–Crippen LogP) is 4.02. The van der Waals surface area contributed by atoms with E-state index in [4.69, 9.17) is 0 Å². The van der Waals surface area contributed by atoms with E-state index in [1.807, 2.05) is 6.20 Å². The third kappa shape index (κ3) is 3.28. The van der Waals surface area contributed by atoms with Crippen LogP contribution in [0.2, 0.25) is 0 Å². The van der Waals surface area contributed by atoms with Crippen LogP contribution in [0.15, 0.2) is 36.7 Å². The van der Waals surface area contributed by atoms with Crippen molar-refractivity contribution < 1.29 is 0 Å². The molecule has 0 spiro atoms. The van der Waals surface area contributed by atoms with Crippen LogP contribution in [0.3, 0.4) is 0 Å². The highest BCUT2D eigenvalue weighted by atomic mass is 15.1. The first-order chi connectivity index (χ1) is 9.80. The lowest BCUT2D eigenvalue weighted by molar-refractivity contribution is 0.537. The molecule has 0 radical (unpaired) electrons. The Labute approximate surface area is 122 Å². The van der Waals surface area contributed by atoms with Gasteiger partial charge in [-0.05, 0) is 24.9 Å². The highest BCUT2D eigenvalue weighted by molar-refractivity contribution is 5.56. The van der Waals surface area contributed by atoms with E-state index in [1.54, 1.807) is 0 Å². The maximum Gasteiger partial charge on any atom is 0.139 e. The van der Waals surface area contributed by atoms with Gasteiger partial charge in [0.25, 0.3) is 0 Å². The van der Waals surface area contributed by atoms with Crippen LogP contribution in [0.1, 0.15) is 45.2 Å². The average molecular weight is 271 g/mol. The smallest absolute Gasteiger partial charge is 0.139 e. The molecule has 1 atom stereocenters. The summed E-state index contributed by atoms with van der Waals surface area (Å²) in [5, 5.41) is 3.51. The number of aryl methyl sites for hydroxylation is 1. The van der Waals surface area contributed by atoms with Gasteiger partial charge in [0.1, 0.15) is 5.82 Å². The van der Waals surface area contributed by atoms with E-state index >= 15 is 0 Å². The highest BCUT2D eigenvalue weighted by Crippen LogP contribution is 2.22. The third-order valence-corrected chi connectivity index (χ3v) is 3.61. The third-order valence-electron chi connectivity index (χ3n) is 3.61. The first-order valence-electron chi connectivity index (χ1n) is 7.65. The molecule has 0 aliphatic rings. The number of hydrogen-bond acceptors (Lipinski definition) is 2. The van der Waals surface area contributed by atoms with Crippen molar-refractivity contribution in [2.45, 2.75) is 46.2 Å². The van der Waals surface area contributed by atoms with Crippen LogP contribution in [-0.2, 0) is 6.54 Å². The van der Waals surface area contributed by atoms with E-state index in [-0.39, 0.29) is 0 Å². The van der Waals surface area contributed by atoms with Gasteiger partial charge >= 0.3 is 0 Å². The molecule has 20 heavy (non-hydrogen) atoms.